The van der Waals surface area contributed by atoms with E-state index in [1.165, 1.54) is 11.1 Å². The van der Waals surface area contributed by atoms with Gasteiger partial charge in [-0.25, -0.2) is 0 Å². The van der Waals surface area contributed by atoms with Crippen LogP contribution in [0.25, 0.3) is 0 Å². The molecule has 0 saturated carbocycles. The Balaban J connectivity index is 2.20. The summed E-state index contributed by atoms with van der Waals surface area (Å²) in [5.41, 5.74) is 9.24. The van der Waals surface area contributed by atoms with E-state index >= 15 is 0 Å². The fraction of sp³-hybridized carbons (Fsp3) is 0.368. The summed E-state index contributed by atoms with van der Waals surface area (Å²) in [6.07, 6.45) is 2.05. The Morgan fingerprint density at radius 2 is 1.76 bits per heavy atom. The quantitative estimate of drug-likeness (QED) is 0.769. The second kappa shape index (κ2) is 7.77. The number of rotatable bonds is 6. The topological polar surface area (TPSA) is 26.0 Å². The van der Waals surface area contributed by atoms with Gasteiger partial charge in [0.15, 0.2) is 0 Å². The number of hydrogen-bond donors (Lipinski definition) is 1. The van der Waals surface area contributed by atoms with Crippen molar-refractivity contribution in [2.45, 2.75) is 38.6 Å². The second-order valence-corrected chi connectivity index (χ2v) is 6.74. The number of halogens is 1. The van der Waals surface area contributed by atoms with Crippen LogP contribution in [-0.4, -0.2) is 6.04 Å². The molecule has 0 radical (unpaired) electrons. The van der Waals surface area contributed by atoms with Crippen molar-refractivity contribution in [3.05, 3.63) is 70.2 Å². The average Bonchev–Trinajstić information content (AvgIpc) is 2.48. The number of nitrogens with two attached hydrogens (primary N) is 1. The Hall–Kier alpha value is -1.12. The number of hydrogen-bond acceptors (Lipinski definition) is 1. The van der Waals surface area contributed by atoms with Crippen LogP contribution in [0, 0.1) is 5.92 Å². The maximum absolute atomic E-state index is 6.59. The van der Waals surface area contributed by atoms with Gasteiger partial charge in [0, 0.05) is 16.4 Å². The lowest BCUT2D eigenvalue weighted by Gasteiger charge is -2.29. The molecule has 3 unspecified atom stereocenters. The Morgan fingerprint density at radius 3 is 2.38 bits per heavy atom. The van der Waals surface area contributed by atoms with Gasteiger partial charge in [0.05, 0.1) is 0 Å². The molecule has 2 heteroatoms. The highest BCUT2D eigenvalue weighted by Gasteiger charge is 2.24. The predicted molar refractivity (Wildman–Crippen MR) is 94.5 cm³/mol. The van der Waals surface area contributed by atoms with E-state index < -0.39 is 0 Å². The third-order valence-corrected chi connectivity index (χ3v) is 4.76. The Labute approximate surface area is 136 Å². The standard InChI is InChI=1S/C19H24BrN/c1-3-14(2)19(16-9-5-4-6-10-16)18(21)13-15-8-7-11-17(20)12-15/h4-12,14,18-19H,3,13,21H2,1-2H3. The lowest BCUT2D eigenvalue weighted by Crippen LogP contribution is -2.34. The minimum atomic E-state index is 0.136. The van der Waals surface area contributed by atoms with Gasteiger partial charge in [0.2, 0.25) is 0 Å². The fourth-order valence-corrected chi connectivity index (χ4v) is 3.44. The van der Waals surface area contributed by atoms with Crippen LogP contribution in [0.15, 0.2) is 59.1 Å². The van der Waals surface area contributed by atoms with Crippen LogP contribution in [-0.2, 0) is 6.42 Å². The molecule has 2 aromatic rings. The summed E-state index contributed by atoms with van der Waals surface area (Å²) in [6.45, 7) is 4.55. The van der Waals surface area contributed by atoms with Crippen LogP contribution in [0.2, 0.25) is 0 Å². The van der Waals surface area contributed by atoms with Crippen LogP contribution in [0.4, 0.5) is 0 Å². The lowest BCUT2D eigenvalue weighted by molar-refractivity contribution is 0.380. The molecule has 1 nitrogen and oxygen atoms in total. The molecule has 0 amide bonds. The zero-order valence-corrected chi connectivity index (χ0v) is 14.4. The maximum atomic E-state index is 6.59. The minimum Gasteiger partial charge on any atom is -0.327 e. The fourth-order valence-electron chi connectivity index (χ4n) is 2.99. The van der Waals surface area contributed by atoms with Crippen molar-refractivity contribution in [3.8, 4) is 0 Å². The Kier molecular flexibility index (Phi) is 6.01. The summed E-state index contributed by atoms with van der Waals surface area (Å²) in [6, 6.07) is 19.3. The van der Waals surface area contributed by atoms with E-state index in [1.807, 2.05) is 0 Å². The van der Waals surface area contributed by atoms with Crippen LogP contribution in [0.5, 0.6) is 0 Å². The average molecular weight is 346 g/mol. The molecule has 0 fully saturated rings. The van der Waals surface area contributed by atoms with Gasteiger partial charge in [-0.05, 0) is 35.6 Å². The normalized spacial score (nSPS) is 15.4. The molecular formula is C19H24BrN. The molecule has 112 valence electrons. The SMILES string of the molecule is CCC(C)C(c1ccccc1)C(N)Cc1cccc(Br)c1. The van der Waals surface area contributed by atoms with E-state index in [9.17, 15) is 0 Å². The third kappa shape index (κ3) is 4.42. The van der Waals surface area contributed by atoms with Crippen molar-refractivity contribution in [1.82, 2.24) is 0 Å². The molecule has 21 heavy (non-hydrogen) atoms. The Bertz CT molecular complexity index is 553. The van der Waals surface area contributed by atoms with Crippen molar-refractivity contribution < 1.29 is 0 Å². The van der Waals surface area contributed by atoms with E-state index in [2.05, 4.69) is 84.4 Å². The molecular weight excluding hydrogens is 322 g/mol. The first kappa shape index (κ1) is 16.3. The monoisotopic (exact) mass is 345 g/mol. The first-order chi connectivity index (χ1) is 10.1. The maximum Gasteiger partial charge on any atom is 0.0178 e. The summed E-state index contributed by atoms with van der Waals surface area (Å²) in [5, 5.41) is 0. The van der Waals surface area contributed by atoms with Crippen molar-refractivity contribution in [2.24, 2.45) is 11.7 Å². The smallest absolute Gasteiger partial charge is 0.0178 e. The van der Waals surface area contributed by atoms with Gasteiger partial charge >= 0.3 is 0 Å². The summed E-state index contributed by atoms with van der Waals surface area (Å²) in [7, 11) is 0. The van der Waals surface area contributed by atoms with Crippen LogP contribution < -0.4 is 5.73 Å². The molecule has 0 spiro atoms. The van der Waals surface area contributed by atoms with Crippen LogP contribution >= 0.6 is 15.9 Å². The molecule has 0 bridgehead atoms. The molecule has 0 aliphatic heterocycles. The van der Waals surface area contributed by atoms with Crippen molar-refractivity contribution in [1.29, 1.82) is 0 Å². The molecule has 2 aromatic carbocycles. The lowest BCUT2D eigenvalue weighted by atomic mass is 9.78. The molecule has 2 N–H and O–H groups in total. The van der Waals surface area contributed by atoms with Gasteiger partial charge < -0.3 is 5.73 Å². The summed E-state index contributed by atoms with van der Waals surface area (Å²) in [4.78, 5) is 0. The van der Waals surface area contributed by atoms with Crippen molar-refractivity contribution in [3.63, 3.8) is 0 Å². The van der Waals surface area contributed by atoms with E-state index in [-0.39, 0.29) is 6.04 Å². The van der Waals surface area contributed by atoms with Crippen molar-refractivity contribution in [2.75, 3.05) is 0 Å². The minimum absolute atomic E-state index is 0.136. The van der Waals surface area contributed by atoms with Gasteiger partial charge in [-0.15, -0.1) is 0 Å². The first-order valence-electron chi connectivity index (χ1n) is 7.66. The van der Waals surface area contributed by atoms with Gasteiger partial charge in [-0.3, -0.25) is 0 Å². The largest absolute Gasteiger partial charge is 0.327 e. The highest BCUT2D eigenvalue weighted by atomic mass is 79.9. The summed E-state index contributed by atoms with van der Waals surface area (Å²) >= 11 is 3.54. The molecule has 0 aliphatic rings. The first-order valence-corrected chi connectivity index (χ1v) is 8.46. The number of benzene rings is 2. The summed E-state index contributed by atoms with van der Waals surface area (Å²) < 4.78 is 1.12. The molecule has 3 atom stereocenters. The predicted octanol–water partition coefficient (Wildman–Crippen LogP) is 5.15. The van der Waals surface area contributed by atoms with E-state index in [0.29, 0.717) is 11.8 Å². The van der Waals surface area contributed by atoms with Gasteiger partial charge in [-0.1, -0.05) is 78.7 Å². The molecule has 0 saturated heterocycles. The van der Waals surface area contributed by atoms with Crippen molar-refractivity contribution >= 4 is 15.9 Å². The highest BCUT2D eigenvalue weighted by Crippen LogP contribution is 2.31. The van der Waals surface area contributed by atoms with Gasteiger partial charge in [0.1, 0.15) is 0 Å². The molecule has 0 heterocycles. The van der Waals surface area contributed by atoms with Gasteiger partial charge in [-0.2, -0.15) is 0 Å². The zero-order valence-electron chi connectivity index (χ0n) is 12.8. The molecule has 0 aliphatic carbocycles. The van der Waals surface area contributed by atoms with Crippen LogP contribution in [0.3, 0.4) is 0 Å². The van der Waals surface area contributed by atoms with Crippen LogP contribution in [0.1, 0.15) is 37.3 Å². The van der Waals surface area contributed by atoms with Gasteiger partial charge in [0.25, 0.3) is 0 Å². The highest BCUT2D eigenvalue weighted by molar-refractivity contribution is 9.10. The zero-order chi connectivity index (χ0) is 15.2. The third-order valence-electron chi connectivity index (χ3n) is 4.26. The summed E-state index contributed by atoms with van der Waals surface area (Å²) in [5.74, 6) is 0.977. The Morgan fingerprint density at radius 1 is 1.05 bits per heavy atom. The van der Waals surface area contributed by atoms with E-state index in [1.54, 1.807) is 0 Å². The van der Waals surface area contributed by atoms with E-state index in [4.69, 9.17) is 5.73 Å². The second-order valence-electron chi connectivity index (χ2n) is 5.82. The van der Waals surface area contributed by atoms with E-state index in [0.717, 1.165) is 17.3 Å². The molecule has 0 aromatic heterocycles. The molecule has 2 rings (SSSR count).